The number of hydrogen-bond donors (Lipinski definition) is 1. The van der Waals surface area contributed by atoms with Crippen molar-refractivity contribution in [2.75, 3.05) is 6.54 Å². The Morgan fingerprint density at radius 1 is 1.40 bits per heavy atom. The van der Waals surface area contributed by atoms with Gasteiger partial charge in [0.25, 0.3) is 0 Å². The number of aromatic nitrogens is 1. The van der Waals surface area contributed by atoms with E-state index in [1.54, 1.807) is 22.7 Å². The van der Waals surface area contributed by atoms with Crippen LogP contribution in [0, 0.1) is 6.92 Å². The third-order valence-electron chi connectivity index (χ3n) is 2.05. The number of rotatable bonds is 3. The summed E-state index contributed by atoms with van der Waals surface area (Å²) in [6.07, 6.45) is 0.927. The van der Waals surface area contributed by atoms with Crippen LogP contribution in [0.25, 0.3) is 9.88 Å². The lowest BCUT2D eigenvalue weighted by Crippen LogP contribution is -2.01. The van der Waals surface area contributed by atoms with Crippen molar-refractivity contribution in [3.63, 3.8) is 0 Å². The standard InChI is InChI=1S/C10H11BrN2S2/c1-6-7(4-5-12)15-10(13-6)8-2-3-9(11)14-8/h2-3H,4-5,12H2,1H3. The van der Waals surface area contributed by atoms with E-state index >= 15 is 0 Å². The Morgan fingerprint density at radius 3 is 2.80 bits per heavy atom. The van der Waals surface area contributed by atoms with Crippen LogP contribution in [0.2, 0.25) is 0 Å². The molecule has 2 aromatic heterocycles. The van der Waals surface area contributed by atoms with Crippen LogP contribution in [-0.4, -0.2) is 11.5 Å². The van der Waals surface area contributed by atoms with Crippen LogP contribution in [0.5, 0.6) is 0 Å². The molecule has 0 fully saturated rings. The Bertz CT molecular complexity index is 462. The molecule has 0 aliphatic heterocycles. The van der Waals surface area contributed by atoms with E-state index in [2.05, 4.69) is 33.0 Å². The molecule has 2 nitrogen and oxygen atoms in total. The van der Waals surface area contributed by atoms with Crippen LogP contribution >= 0.6 is 38.6 Å². The van der Waals surface area contributed by atoms with Crippen LogP contribution in [0.1, 0.15) is 10.6 Å². The van der Waals surface area contributed by atoms with Gasteiger partial charge in [0.05, 0.1) is 14.4 Å². The van der Waals surface area contributed by atoms with E-state index in [0.29, 0.717) is 6.54 Å². The molecule has 0 saturated carbocycles. The molecule has 0 aromatic carbocycles. The second-order valence-corrected chi connectivity index (χ2v) is 6.72. The number of hydrogen-bond acceptors (Lipinski definition) is 4. The first-order chi connectivity index (χ1) is 7.20. The minimum Gasteiger partial charge on any atom is -0.330 e. The molecule has 5 heteroatoms. The highest BCUT2D eigenvalue weighted by Crippen LogP contribution is 2.35. The Morgan fingerprint density at radius 2 is 2.20 bits per heavy atom. The van der Waals surface area contributed by atoms with Crippen molar-refractivity contribution >= 4 is 38.6 Å². The van der Waals surface area contributed by atoms with Gasteiger partial charge in [-0.05, 0) is 48.0 Å². The minimum absolute atomic E-state index is 0.691. The molecule has 0 spiro atoms. The van der Waals surface area contributed by atoms with Crippen molar-refractivity contribution in [1.82, 2.24) is 4.98 Å². The molecule has 0 aliphatic rings. The average Bonchev–Trinajstić information content (AvgIpc) is 2.75. The minimum atomic E-state index is 0.691. The topological polar surface area (TPSA) is 38.9 Å². The van der Waals surface area contributed by atoms with E-state index in [1.807, 2.05) is 6.92 Å². The summed E-state index contributed by atoms with van der Waals surface area (Å²) in [7, 11) is 0. The molecule has 2 rings (SSSR count). The maximum atomic E-state index is 5.56. The van der Waals surface area contributed by atoms with E-state index < -0.39 is 0 Å². The van der Waals surface area contributed by atoms with Gasteiger partial charge >= 0.3 is 0 Å². The Kier molecular flexibility index (Phi) is 3.56. The van der Waals surface area contributed by atoms with Crippen LogP contribution < -0.4 is 5.73 Å². The van der Waals surface area contributed by atoms with Crippen molar-refractivity contribution in [3.05, 3.63) is 26.5 Å². The molecule has 0 unspecified atom stereocenters. The zero-order valence-corrected chi connectivity index (χ0v) is 11.5. The van der Waals surface area contributed by atoms with Crippen LogP contribution in [0.15, 0.2) is 15.9 Å². The summed E-state index contributed by atoms with van der Waals surface area (Å²) >= 11 is 6.92. The van der Waals surface area contributed by atoms with Crippen LogP contribution in [0.4, 0.5) is 0 Å². The van der Waals surface area contributed by atoms with Gasteiger partial charge in [-0.3, -0.25) is 0 Å². The summed E-state index contributed by atoms with van der Waals surface area (Å²) in [5, 5.41) is 1.10. The molecule has 80 valence electrons. The van der Waals surface area contributed by atoms with Gasteiger partial charge in [0.1, 0.15) is 5.01 Å². The zero-order chi connectivity index (χ0) is 10.8. The fourth-order valence-electron chi connectivity index (χ4n) is 1.33. The second-order valence-electron chi connectivity index (χ2n) is 3.17. The molecular formula is C10H11BrN2S2. The number of thiazole rings is 1. The van der Waals surface area contributed by atoms with Crippen molar-refractivity contribution in [2.45, 2.75) is 13.3 Å². The highest BCUT2D eigenvalue weighted by atomic mass is 79.9. The largest absolute Gasteiger partial charge is 0.330 e. The quantitative estimate of drug-likeness (QED) is 0.943. The van der Waals surface area contributed by atoms with Crippen LogP contribution in [0.3, 0.4) is 0 Å². The lowest BCUT2D eigenvalue weighted by atomic mass is 10.3. The predicted octanol–water partition coefficient (Wildman–Crippen LogP) is 3.44. The van der Waals surface area contributed by atoms with E-state index in [4.69, 9.17) is 5.73 Å². The summed E-state index contributed by atoms with van der Waals surface area (Å²) in [5.74, 6) is 0. The van der Waals surface area contributed by atoms with Crippen molar-refractivity contribution in [2.24, 2.45) is 5.73 Å². The summed E-state index contributed by atoms with van der Waals surface area (Å²) in [6, 6.07) is 4.15. The highest BCUT2D eigenvalue weighted by Gasteiger charge is 2.10. The molecule has 2 heterocycles. The van der Waals surface area contributed by atoms with Gasteiger partial charge in [-0.1, -0.05) is 0 Å². The smallest absolute Gasteiger partial charge is 0.133 e. The monoisotopic (exact) mass is 302 g/mol. The average molecular weight is 303 g/mol. The van der Waals surface area contributed by atoms with Gasteiger partial charge in [-0.15, -0.1) is 22.7 Å². The summed E-state index contributed by atoms with van der Waals surface area (Å²) in [6.45, 7) is 2.74. The van der Waals surface area contributed by atoms with Gasteiger partial charge in [-0.25, -0.2) is 4.98 Å². The normalized spacial score (nSPS) is 10.9. The maximum absolute atomic E-state index is 5.56. The fraction of sp³-hybridized carbons (Fsp3) is 0.300. The van der Waals surface area contributed by atoms with Crippen molar-refractivity contribution < 1.29 is 0 Å². The molecule has 0 aliphatic carbocycles. The van der Waals surface area contributed by atoms with E-state index in [-0.39, 0.29) is 0 Å². The number of nitrogens with two attached hydrogens (primary N) is 1. The molecule has 2 aromatic rings. The van der Waals surface area contributed by atoms with Gasteiger partial charge in [-0.2, -0.15) is 0 Å². The first-order valence-electron chi connectivity index (χ1n) is 4.63. The number of halogens is 1. The van der Waals surface area contributed by atoms with Gasteiger partial charge in [0.15, 0.2) is 0 Å². The van der Waals surface area contributed by atoms with E-state index in [1.165, 1.54) is 9.75 Å². The van der Waals surface area contributed by atoms with E-state index in [0.717, 1.165) is 20.9 Å². The number of aryl methyl sites for hydroxylation is 1. The molecule has 2 N–H and O–H groups in total. The Balaban J connectivity index is 2.33. The predicted molar refractivity (Wildman–Crippen MR) is 70.6 cm³/mol. The lowest BCUT2D eigenvalue weighted by Gasteiger charge is -1.90. The lowest BCUT2D eigenvalue weighted by molar-refractivity contribution is 0.970. The third-order valence-corrected chi connectivity index (χ3v) is 5.06. The summed E-state index contributed by atoms with van der Waals surface area (Å²) in [4.78, 5) is 7.09. The number of nitrogens with zero attached hydrogens (tertiary/aromatic N) is 1. The highest BCUT2D eigenvalue weighted by molar-refractivity contribution is 9.11. The molecular weight excluding hydrogens is 292 g/mol. The van der Waals surface area contributed by atoms with Gasteiger partial charge in [0, 0.05) is 4.88 Å². The SMILES string of the molecule is Cc1nc(-c2ccc(Br)s2)sc1CCN. The first-order valence-corrected chi connectivity index (χ1v) is 7.05. The zero-order valence-electron chi connectivity index (χ0n) is 8.29. The molecule has 0 bridgehead atoms. The maximum Gasteiger partial charge on any atom is 0.133 e. The molecule has 0 radical (unpaired) electrons. The number of thiophene rings is 1. The van der Waals surface area contributed by atoms with Crippen molar-refractivity contribution in [3.8, 4) is 9.88 Å². The summed E-state index contributed by atoms with van der Waals surface area (Å²) in [5.41, 5.74) is 6.67. The Labute approximate surface area is 105 Å². The van der Waals surface area contributed by atoms with E-state index in [9.17, 15) is 0 Å². The molecule has 0 amide bonds. The fourth-order valence-corrected chi connectivity index (χ4v) is 3.84. The molecule has 0 saturated heterocycles. The second kappa shape index (κ2) is 4.74. The molecule has 0 atom stereocenters. The molecule has 15 heavy (non-hydrogen) atoms. The van der Waals surface area contributed by atoms with Gasteiger partial charge in [0.2, 0.25) is 0 Å². The summed E-state index contributed by atoms with van der Waals surface area (Å²) < 4.78 is 1.14. The van der Waals surface area contributed by atoms with Crippen molar-refractivity contribution in [1.29, 1.82) is 0 Å². The third kappa shape index (κ3) is 2.47. The Hall–Kier alpha value is -0.230. The van der Waals surface area contributed by atoms with Gasteiger partial charge < -0.3 is 5.73 Å². The van der Waals surface area contributed by atoms with Crippen LogP contribution in [-0.2, 0) is 6.42 Å². The first kappa shape index (κ1) is 11.3.